The van der Waals surface area contributed by atoms with Gasteiger partial charge in [0.05, 0.1) is 5.69 Å². The molecule has 0 amide bonds. The predicted molar refractivity (Wildman–Crippen MR) is 80.7 cm³/mol. The molecule has 0 aliphatic heterocycles. The first-order chi connectivity index (χ1) is 9.31. The molecule has 1 aromatic carbocycles. The van der Waals surface area contributed by atoms with Gasteiger partial charge in [-0.15, -0.1) is 0 Å². The van der Waals surface area contributed by atoms with E-state index in [0.717, 1.165) is 36.7 Å². The molecule has 1 N–H and O–H groups in total. The van der Waals surface area contributed by atoms with Crippen LogP contribution in [-0.4, -0.2) is 18.6 Å². The van der Waals surface area contributed by atoms with Crippen molar-refractivity contribution in [3.8, 4) is 0 Å². The van der Waals surface area contributed by atoms with Gasteiger partial charge in [0, 0.05) is 19.3 Å². The Morgan fingerprint density at radius 1 is 1.05 bits per heavy atom. The van der Waals surface area contributed by atoms with Gasteiger partial charge >= 0.3 is 0 Å². The van der Waals surface area contributed by atoms with Crippen LogP contribution >= 0.6 is 0 Å². The number of hydrogen-bond donors (Lipinski definition) is 1. The smallest absolute Gasteiger partial charge is 0.133 e. The molecule has 2 rings (SSSR count). The summed E-state index contributed by atoms with van der Waals surface area (Å²) in [4.78, 5) is 6.78. The first-order valence-electron chi connectivity index (χ1n) is 6.76. The van der Waals surface area contributed by atoms with Crippen molar-refractivity contribution in [3.63, 3.8) is 0 Å². The number of aromatic nitrogens is 1. The van der Waals surface area contributed by atoms with E-state index >= 15 is 0 Å². The molecule has 2 aromatic rings. The fraction of sp³-hybridized carbons (Fsp3) is 0.312. The van der Waals surface area contributed by atoms with Gasteiger partial charge in [-0.05, 0) is 37.2 Å². The summed E-state index contributed by atoms with van der Waals surface area (Å²) in [7, 11) is 2.04. The number of para-hydroxylation sites is 1. The largest absolute Gasteiger partial charge is 0.329 e. The summed E-state index contributed by atoms with van der Waals surface area (Å²) in [5.74, 6) is 0.974. The maximum absolute atomic E-state index is 4.68. The number of benzene rings is 1. The van der Waals surface area contributed by atoms with Gasteiger partial charge in [0.15, 0.2) is 0 Å². The lowest BCUT2D eigenvalue weighted by molar-refractivity contribution is 0.664. The van der Waals surface area contributed by atoms with Crippen molar-refractivity contribution < 1.29 is 0 Å². The van der Waals surface area contributed by atoms with Gasteiger partial charge in [-0.2, -0.15) is 0 Å². The number of pyridine rings is 1. The molecule has 0 unspecified atom stereocenters. The van der Waals surface area contributed by atoms with Crippen LogP contribution in [0.2, 0.25) is 0 Å². The Morgan fingerprint density at radius 2 is 1.84 bits per heavy atom. The third-order valence-electron chi connectivity index (χ3n) is 3.01. The summed E-state index contributed by atoms with van der Waals surface area (Å²) in [5, 5.41) is 3.38. The van der Waals surface area contributed by atoms with Crippen LogP contribution < -0.4 is 10.2 Å². The van der Waals surface area contributed by atoms with E-state index in [-0.39, 0.29) is 0 Å². The van der Waals surface area contributed by atoms with E-state index in [9.17, 15) is 0 Å². The fourth-order valence-corrected chi connectivity index (χ4v) is 1.93. The first kappa shape index (κ1) is 13.6. The van der Waals surface area contributed by atoms with Crippen molar-refractivity contribution in [1.82, 2.24) is 10.3 Å². The van der Waals surface area contributed by atoms with Gasteiger partial charge in [-0.25, -0.2) is 4.98 Å². The highest BCUT2D eigenvalue weighted by atomic mass is 15.2. The summed E-state index contributed by atoms with van der Waals surface area (Å²) in [6, 6.07) is 16.4. The average molecular weight is 255 g/mol. The molecular formula is C16H21N3. The standard InChI is InChI=1S/C16H21N3/c1-3-12-17-13-14-8-7-11-16(18-14)19(2)15-9-5-4-6-10-15/h4-11,17H,3,12-13H2,1-2H3. The fourth-order valence-electron chi connectivity index (χ4n) is 1.93. The Morgan fingerprint density at radius 3 is 2.58 bits per heavy atom. The van der Waals surface area contributed by atoms with E-state index in [4.69, 9.17) is 0 Å². The quantitative estimate of drug-likeness (QED) is 0.802. The molecule has 1 aromatic heterocycles. The number of anilines is 2. The first-order valence-corrected chi connectivity index (χ1v) is 6.76. The lowest BCUT2D eigenvalue weighted by atomic mass is 10.3. The van der Waals surface area contributed by atoms with Gasteiger partial charge < -0.3 is 10.2 Å². The molecule has 3 nitrogen and oxygen atoms in total. The van der Waals surface area contributed by atoms with Crippen molar-refractivity contribution in [1.29, 1.82) is 0 Å². The molecule has 3 heteroatoms. The average Bonchev–Trinajstić information content (AvgIpc) is 2.48. The van der Waals surface area contributed by atoms with E-state index in [1.165, 1.54) is 0 Å². The third kappa shape index (κ3) is 3.80. The topological polar surface area (TPSA) is 28.2 Å². The predicted octanol–water partition coefficient (Wildman–Crippen LogP) is 3.35. The van der Waals surface area contributed by atoms with Crippen LogP contribution in [0.3, 0.4) is 0 Å². The molecule has 0 saturated heterocycles. The van der Waals surface area contributed by atoms with Gasteiger partial charge in [0.25, 0.3) is 0 Å². The normalized spacial score (nSPS) is 10.4. The minimum Gasteiger partial charge on any atom is -0.329 e. The van der Waals surface area contributed by atoms with Crippen LogP contribution in [0.4, 0.5) is 11.5 Å². The van der Waals surface area contributed by atoms with Crippen molar-refractivity contribution in [2.75, 3.05) is 18.5 Å². The Labute approximate surface area is 115 Å². The second kappa shape index (κ2) is 6.90. The Kier molecular flexibility index (Phi) is 4.93. The summed E-state index contributed by atoms with van der Waals surface area (Å²) in [6.07, 6.45) is 1.14. The monoisotopic (exact) mass is 255 g/mol. The molecule has 0 aliphatic rings. The zero-order chi connectivity index (χ0) is 13.5. The minimum atomic E-state index is 0.824. The minimum absolute atomic E-state index is 0.824. The van der Waals surface area contributed by atoms with E-state index in [1.807, 2.05) is 31.3 Å². The number of nitrogens with zero attached hydrogens (tertiary/aromatic N) is 2. The molecular weight excluding hydrogens is 234 g/mol. The molecule has 0 atom stereocenters. The number of nitrogens with one attached hydrogen (secondary N) is 1. The van der Waals surface area contributed by atoms with E-state index in [0.29, 0.717) is 0 Å². The number of rotatable bonds is 6. The highest BCUT2D eigenvalue weighted by Crippen LogP contribution is 2.20. The molecule has 0 saturated carbocycles. The van der Waals surface area contributed by atoms with Crippen LogP contribution in [0.1, 0.15) is 19.0 Å². The highest BCUT2D eigenvalue weighted by molar-refractivity contribution is 5.58. The van der Waals surface area contributed by atoms with Gasteiger partial charge in [0.1, 0.15) is 5.82 Å². The Bertz CT molecular complexity index is 496. The molecule has 0 bridgehead atoms. The van der Waals surface area contributed by atoms with Crippen LogP contribution in [0, 0.1) is 0 Å². The highest BCUT2D eigenvalue weighted by Gasteiger charge is 2.05. The van der Waals surface area contributed by atoms with Crippen LogP contribution in [0.25, 0.3) is 0 Å². The summed E-state index contributed by atoms with van der Waals surface area (Å²) in [5.41, 5.74) is 2.22. The van der Waals surface area contributed by atoms with Gasteiger partial charge in [0.2, 0.25) is 0 Å². The Balaban J connectivity index is 2.10. The molecule has 1 heterocycles. The van der Waals surface area contributed by atoms with Crippen molar-refractivity contribution in [2.24, 2.45) is 0 Å². The molecule has 0 aliphatic carbocycles. The van der Waals surface area contributed by atoms with E-state index < -0.39 is 0 Å². The second-order valence-electron chi connectivity index (χ2n) is 4.56. The van der Waals surface area contributed by atoms with E-state index in [2.05, 4.69) is 46.4 Å². The SMILES string of the molecule is CCCNCc1cccc(N(C)c2ccccc2)n1. The molecule has 100 valence electrons. The van der Waals surface area contributed by atoms with Crippen molar-refractivity contribution in [2.45, 2.75) is 19.9 Å². The van der Waals surface area contributed by atoms with Crippen LogP contribution in [-0.2, 0) is 6.54 Å². The van der Waals surface area contributed by atoms with Gasteiger partial charge in [-0.3, -0.25) is 0 Å². The second-order valence-corrected chi connectivity index (χ2v) is 4.56. The zero-order valence-electron chi connectivity index (χ0n) is 11.6. The summed E-state index contributed by atoms with van der Waals surface area (Å²) >= 11 is 0. The van der Waals surface area contributed by atoms with Crippen LogP contribution in [0.5, 0.6) is 0 Å². The van der Waals surface area contributed by atoms with Crippen molar-refractivity contribution >= 4 is 11.5 Å². The Hall–Kier alpha value is -1.87. The van der Waals surface area contributed by atoms with Crippen molar-refractivity contribution in [3.05, 3.63) is 54.2 Å². The third-order valence-corrected chi connectivity index (χ3v) is 3.01. The maximum Gasteiger partial charge on any atom is 0.133 e. The molecule has 0 radical (unpaired) electrons. The van der Waals surface area contributed by atoms with Gasteiger partial charge in [-0.1, -0.05) is 31.2 Å². The molecule has 0 fully saturated rings. The molecule has 0 spiro atoms. The summed E-state index contributed by atoms with van der Waals surface area (Å²) < 4.78 is 0. The lowest BCUT2D eigenvalue weighted by Gasteiger charge is -2.18. The maximum atomic E-state index is 4.68. The van der Waals surface area contributed by atoms with E-state index in [1.54, 1.807) is 0 Å². The van der Waals surface area contributed by atoms with Crippen LogP contribution in [0.15, 0.2) is 48.5 Å². The zero-order valence-corrected chi connectivity index (χ0v) is 11.6. The number of hydrogen-bond acceptors (Lipinski definition) is 3. The summed E-state index contributed by atoms with van der Waals surface area (Å²) in [6.45, 7) is 4.02. The lowest BCUT2D eigenvalue weighted by Crippen LogP contribution is -2.16. The molecule has 19 heavy (non-hydrogen) atoms.